The van der Waals surface area contributed by atoms with Crippen LogP contribution >= 0.6 is 11.8 Å². The van der Waals surface area contributed by atoms with Gasteiger partial charge in [0.1, 0.15) is 0 Å². The fraction of sp³-hybridized carbons (Fsp3) is 0.714. The Labute approximate surface area is 55.0 Å². The van der Waals surface area contributed by atoms with Gasteiger partial charge in [-0.15, -0.1) is 0 Å². The minimum absolute atomic E-state index is 0.780. The van der Waals surface area contributed by atoms with Crippen LogP contribution in [-0.2, 0) is 0 Å². The Bertz CT molecular complexity index is 114. The van der Waals surface area contributed by atoms with Gasteiger partial charge < -0.3 is 0 Å². The Morgan fingerprint density at radius 3 is 2.88 bits per heavy atom. The van der Waals surface area contributed by atoms with Crippen molar-refractivity contribution in [3.63, 3.8) is 0 Å². The van der Waals surface area contributed by atoms with Crippen LogP contribution in [0.5, 0.6) is 0 Å². The van der Waals surface area contributed by atoms with Gasteiger partial charge in [-0.1, -0.05) is 11.8 Å². The first-order valence-electron chi connectivity index (χ1n) is 2.91. The minimum atomic E-state index is 0.780. The van der Waals surface area contributed by atoms with Crippen molar-refractivity contribution in [3.05, 3.63) is 0 Å². The molecule has 0 aromatic rings. The molecular formula is C7H10S. The second-order valence-electron chi connectivity index (χ2n) is 2.03. The van der Waals surface area contributed by atoms with Gasteiger partial charge in [0.05, 0.1) is 5.75 Å². The molecule has 8 heavy (non-hydrogen) atoms. The maximum absolute atomic E-state index is 3.19. The van der Waals surface area contributed by atoms with Crippen molar-refractivity contribution in [1.82, 2.24) is 0 Å². The molecule has 0 amide bonds. The summed E-state index contributed by atoms with van der Waals surface area (Å²) in [6.07, 6.45) is 4.78. The zero-order valence-electron chi connectivity index (χ0n) is 5.11. The molecule has 1 heteroatoms. The zero-order chi connectivity index (χ0) is 5.82. The summed E-state index contributed by atoms with van der Waals surface area (Å²) in [6.45, 7) is 0. The molecular weight excluding hydrogens is 116 g/mol. The molecule has 0 nitrogen and oxygen atoms in total. The first-order valence-corrected chi connectivity index (χ1v) is 4.30. The van der Waals surface area contributed by atoms with Crippen molar-refractivity contribution < 1.29 is 0 Å². The van der Waals surface area contributed by atoms with Gasteiger partial charge in [0, 0.05) is 5.92 Å². The molecule has 0 radical (unpaired) electrons. The summed E-state index contributed by atoms with van der Waals surface area (Å²) < 4.78 is 0. The number of hydrogen-bond acceptors (Lipinski definition) is 1. The fourth-order valence-electron chi connectivity index (χ4n) is 0.486. The van der Waals surface area contributed by atoms with Crippen LogP contribution in [-0.4, -0.2) is 12.0 Å². The Morgan fingerprint density at radius 2 is 2.38 bits per heavy atom. The highest BCUT2D eigenvalue weighted by Gasteiger charge is 2.17. The highest BCUT2D eigenvalue weighted by Crippen LogP contribution is 2.27. The van der Waals surface area contributed by atoms with Crippen LogP contribution in [0.1, 0.15) is 12.8 Å². The maximum Gasteiger partial charge on any atom is 0.0544 e. The fourth-order valence-corrected chi connectivity index (χ4v) is 0.714. The molecule has 44 valence electrons. The molecule has 0 aromatic carbocycles. The van der Waals surface area contributed by atoms with E-state index in [1.54, 1.807) is 11.8 Å². The molecule has 0 atom stereocenters. The van der Waals surface area contributed by atoms with E-state index in [4.69, 9.17) is 0 Å². The molecule has 0 N–H and O–H groups in total. The van der Waals surface area contributed by atoms with E-state index in [-0.39, 0.29) is 0 Å². The monoisotopic (exact) mass is 126 g/mol. The smallest absolute Gasteiger partial charge is 0.0544 e. The van der Waals surface area contributed by atoms with Crippen molar-refractivity contribution in [2.75, 3.05) is 12.0 Å². The molecule has 1 fully saturated rings. The minimum Gasteiger partial charge on any atom is -0.152 e. The third-order valence-corrected chi connectivity index (χ3v) is 1.53. The molecule has 1 rings (SSSR count). The zero-order valence-corrected chi connectivity index (χ0v) is 5.92. The van der Waals surface area contributed by atoms with Crippen molar-refractivity contribution in [3.8, 4) is 11.8 Å². The predicted octanol–water partition coefficient (Wildman–Crippen LogP) is 1.76. The van der Waals surface area contributed by atoms with Gasteiger partial charge in [0.25, 0.3) is 0 Å². The van der Waals surface area contributed by atoms with E-state index < -0.39 is 0 Å². The Hall–Kier alpha value is -0.0900. The molecule has 0 aliphatic heterocycles. The van der Waals surface area contributed by atoms with Gasteiger partial charge >= 0.3 is 0 Å². The quantitative estimate of drug-likeness (QED) is 0.482. The SMILES string of the molecule is CSCC#CC1CC1. The lowest BCUT2D eigenvalue weighted by atomic mass is 10.4. The lowest BCUT2D eigenvalue weighted by Crippen LogP contribution is -1.67. The van der Waals surface area contributed by atoms with E-state index in [0.717, 1.165) is 11.7 Å². The molecule has 1 aliphatic rings. The Morgan fingerprint density at radius 1 is 1.62 bits per heavy atom. The highest BCUT2D eigenvalue weighted by molar-refractivity contribution is 7.98. The lowest BCUT2D eigenvalue weighted by molar-refractivity contribution is 1.18. The molecule has 0 bridgehead atoms. The van der Waals surface area contributed by atoms with Crippen molar-refractivity contribution in [1.29, 1.82) is 0 Å². The maximum atomic E-state index is 3.19. The predicted molar refractivity (Wildman–Crippen MR) is 38.9 cm³/mol. The van der Waals surface area contributed by atoms with Crippen molar-refractivity contribution in [2.24, 2.45) is 5.92 Å². The number of thioether (sulfide) groups is 1. The normalized spacial score (nSPS) is 17.1. The highest BCUT2D eigenvalue weighted by atomic mass is 32.2. The van der Waals surface area contributed by atoms with Gasteiger partial charge in [0.15, 0.2) is 0 Å². The standard InChI is InChI=1S/C7H10S/c1-8-6-2-3-7-4-5-7/h7H,4-6H2,1H3. The lowest BCUT2D eigenvalue weighted by Gasteiger charge is -1.76. The molecule has 1 saturated carbocycles. The van der Waals surface area contributed by atoms with E-state index in [1.807, 2.05) is 0 Å². The average molecular weight is 126 g/mol. The summed E-state index contributed by atoms with van der Waals surface area (Å²) >= 11 is 1.80. The summed E-state index contributed by atoms with van der Waals surface area (Å²) in [5, 5.41) is 0. The van der Waals surface area contributed by atoms with Crippen LogP contribution in [0.3, 0.4) is 0 Å². The number of hydrogen-bond donors (Lipinski definition) is 0. The third-order valence-electron chi connectivity index (χ3n) is 1.10. The van der Waals surface area contributed by atoms with Gasteiger partial charge in [-0.25, -0.2) is 0 Å². The largest absolute Gasteiger partial charge is 0.152 e. The topological polar surface area (TPSA) is 0 Å². The van der Waals surface area contributed by atoms with Crippen LogP contribution in [0, 0.1) is 17.8 Å². The molecule has 0 unspecified atom stereocenters. The summed E-state index contributed by atoms with van der Waals surface area (Å²) in [5.41, 5.74) is 0. The second-order valence-corrected chi connectivity index (χ2v) is 2.89. The molecule has 0 aromatic heterocycles. The van der Waals surface area contributed by atoms with E-state index in [9.17, 15) is 0 Å². The van der Waals surface area contributed by atoms with Crippen molar-refractivity contribution in [2.45, 2.75) is 12.8 Å². The molecule has 1 aliphatic carbocycles. The van der Waals surface area contributed by atoms with Crippen LogP contribution in [0.25, 0.3) is 0 Å². The molecule has 0 spiro atoms. The average Bonchev–Trinajstić information content (AvgIpc) is 2.51. The summed E-state index contributed by atoms with van der Waals surface area (Å²) in [7, 11) is 0. The second kappa shape index (κ2) is 3.04. The van der Waals surface area contributed by atoms with Crippen LogP contribution in [0.4, 0.5) is 0 Å². The molecule has 0 heterocycles. The number of rotatable bonds is 1. The van der Waals surface area contributed by atoms with Crippen LogP contribution in [0.2, 0.25) is 0 Å². The van der Waals surface area contributed by atoms with Gasteiger partial charge in [-0.3, -0.25) is 0 Å². The van der Waals surface area contributed by atoms with E-state index in [0.29, 0.717) is 0 Å². The van der Waals surface area contributed by atoms with Gasteiger partial charge in [-0.05, 0) is 19.1 Å². The van der Waals surface area contributed by atoms with E-state index >= 15 is 0 Å². The van der Waals surface area contributed by atoms with Gasteiger partial charge in [-0.2, -0.15) is 11.8 Å². The van der Waals surface area contributed by atoms with Gasteiger partial charge in [0.2, 0.25) is 0 Å². The summed E-state index contributed by atoms with van der Waals surface area (Å²) in [4.78, 5) is 0. The summed E-state index contributed by atoms with van der Waals surface area (Å²) in [6, 6.07) is 0. The molecule has 0 saturated heterocycles. The van der Waals surface area contributed by atoms with E-state index in [1.165, 1.54) is 12.8 Å². The third kappa shape index (κ3) is 2.28. The first-order chi connectivity index (χ1) is 3.93. The van der Waals surface area contributed by atoms with Crippen LogP contribution < -0.4 is 0 Å². The Kier molecular flexibility index (Phi) is 2.29. The van der Waals surface area contributed by atoms with Crippen molar-refractivity contribution >= 4 is 11.8 Å². The van der Waals surface area contributed by atoms with Crippen LogP contribution in [0.15, 0.2) is 0 Å². The summed E-state index contributed by atoms with van der Waals surface area (Å²) in [5.74, 6) is 8.09. The Balaban J connectivity index is 2.05. The first kappa shape index (κ1) is 6.04. The van der Waals surface area contributed by atoms with E-state index in [2.05, 4.69) is 18.1 Å².